The Morgan fingerprint density at radius 3 is 1.58 bits per heavy atom. The second-order valence-corrected chi connectivity index (χ2v) is 10.8. The van der Waals surface area contributed by atoms with E-state index in [4.69, 9.17) is 0 Å². The molecule has 2 heteroatoms. The minimum Gasteiger partial charge on any atom is -0.378 e. The van der Waals surface area contributed by atoms with Crippen LogP contribution in [0.5, 0.6) is 0 Å². The van der Waals surface area contributed by atoms with Crippen molar-refractivity contribution in [3.63, 3.8) is 0 Å². The average Bonchev–Trinajstić information content (AvgIpc) is 3.49. The van der Waals surface area contributed by atoms with Gasteiger partial charge in [0.1, 0.15) is 0 Å². The topological polar surface area (TPSA) is 15.3 Å². The van der Waals surface area contributed by atoms with Crippen LogP contribution < -0.4 is 10.2 Å². The molecule has 7 rings (SSSR count). The molecule has 1 spiro atoms. The van der Waals surface area contributed by atoms with Crippen LogP contribution in [0.3, 0.4) is 0 Å². The predicted molar refractivity (Wildman–Crippen MR) is 158 cm³/mol. The van der Waals surface area contributed by atoms with Crippen LogP contribution in [0.4, 0.5) is 5.69 Å². The van der Waals surface area contributed by atoms with Gasteiger partial charge in [-0.1, -0.05) is 121 Å². The van der Waals surface area contributed by atoms with Gasteiger partial charge in [-0.15, -0.1) is 0 Å². The lowest BCUT2D eigenvalue weighted by molar-refractivity contribution is 0.420. The zero-order valence-corrected chi connectivity index (χ0v) is 21.9. The predicted octanol–water partition coefficient (Wildman–Crippen LogP) is 7.89. The third-order valence-corrected chi connectivity index (χ3v) is 8.72. The first kappa shape index (κ1) is 23.0. The Kier molecular flexibility index (Phi) is 5.45. The number of anilines is 1. The highest BCUT2D eigenvalue weighted by molar-refractivity contribution is 5.83. The Bertz CT molecular complexity index is 1530. The summed E-state index contributed by atoms with van der Waals surface area (Å²) in [6.07, 6.45) is 0. The van der Waals surface area contributed by atoms with Crippen LogP contribution in [0.2, 0.25) is 0 Å². The highest BCUT2D eigenvalue weighted by Gasteiger charge is 2.61. The summed E-state index contributed by atoms with van der Waals surface area (Å²) in [5.41, 5.74) is 10.5. The maximum absolute atomic E-state index is 4.21. The standard InChI is InChI=1S/C36H32N2/c1-38(2)28-23-21-25(22-24-28)33-34(26-13-5-3-6-14-26)37-35(27-15-7-4-8-16-27)36(33)31-19-11-9-17-29(31)30-18-10-12-20-32(30)36/h3-24,33-35,37H,1-2H3/t33-,34+,35+/m1/s1. The highest BCUT2D eigenvalue weighted by Crippen LogP contribution is 2.67. The lowest BCUT2D eigenvalue weighted by Crippen LogP contribution is -2.36. The maximum Gasteiger partial charge on any atom is 0.0496 e. The van der Waals surface area contributed by atoms with Gasteiger partial charge in [-0.25, -0.2) is 0 Å². The summed E-state index contributed by atoms with van der Waals surface area (Å²) in [4.78, 5) is 2.17. The van der Waals surface area contributed by atoms with Gasteiger partial charge in [-0.2, -0.15) is 0 Å². The maximum atomic E-state index is 4.21. The molecule has 1 aliphatic heterocycles. The van der Waals surface area contributed by atoms with Crippen LogP contribution >= 0.6 is 0 Å². The molecule has 0 aromatic heterocycles. The van der Waals surface area contributed by atoms with E-state index in [0.29, 0.717) is 0 Å². The number of nitrogens with one attached hydrogen (secondary N) is 1. The number of nitrogens with zero attached hydrogens (tertiary/aromatic N) is 1. The van der Waals surface area contributed by atoms with Gasteiger partial charge >= 0.3 is 0 Å². The van der Waals surface area contributed by atoms with Crippen molar-refractivity contribution in [3.8, 4) is 11.1 Å². The average molecular weight is 493 g/mol. The number of fused-ring (bicyclic) bond motifs is 5. The van der Waals surface area contributed by atoms with E-state index in [1.54, 1.807) is 0 Å². The van der Waals surface area contributed by atoms with Crippen molar-refractivity contribution in [1.29, 1.82) is 0 Å². The van der Waals surface area contributed by atoms with Gasteiger partial charge in [0.2, 0.25) is 0 Å². The molecule has 186 valence electrons. The molecule has 1 heterocycles. The third-order valence-electron chi connectivity index (χ3n) is 8.72. The lowest BCUT2D eigenvalue weighted by atomic mass is 9.61. The molecule has 38 heavy (non-hydrogen) atoms. The van der Waals surface area contributed by atoms with E-state index in [-0.39, 0.29) is 23.4 Å². The van der Waals surface area contributed by atoms with Gasteiger partial charge in [0.25, 0.3) is 0 Å². The van der Waals surface area contributed by atoms with Crippen LogP contribution in [0.1, 0.15) is 45.8 Å². The summed E-state index contributed by atoms with van der Waals surface area (Å²) in [6, 6.07) is 49.8. The Morgan fingerprint density at radius 1 is 0.526 bits per heavy atom. The molecule has 2 aliphatic rings. The number of hydrogen-bond acceptors (Lipinski definition) is 2. The van der Waals surface area contributed by atoms with E-state index in [2.05, 4.69) is 158 Å². The fourth-order valence-electron chi connectivity index (χ4n) is 7.19. The number of hydrogen-bond donors (Lipinski definition) is 1. The summed E-state index contributed by atoms with van der Waals surface area (Å²) >= 11 is 0. The van der Waals surface area contributed by atoms with E-state index in [1.807, 2.05) is 0 Å². The highest BCUT2D eigenvalue weighted by atomic mass is 15.1. The first-order valence-electron chi connectivity index (χ1n) is 13.5. The molecule has 1 N–H and O–H groups in total. The minimum atomic E-state index is -0.269. The monoisotopic (exact) mass is 492 g/mol. The molecule has 2 nitrogen and oxygen atoms in total. The van der Waals surface area contributed by atoms with Crippen LogP contribution in [0.15, 0.2) is 133 Å². The largest absolute Gasteiger partial charge is 0.378 e. The van der Waals surface area contributed by atoms with Crippen LogP contribution in [-0.4, -0.2) is 14.1 Å². The molecule has 0 unspecified atom stereocenters. The minimum absolute atomic E-state index is 0.109. The van der Waals surface area contributed by atoms with Crippen molar-refractivity contribution in [2.75, 3.05) is 19.0 Å². The Morgan fingerprint density at radius 2 is 1.03 bits per heavy atom. The summed E-state index contributed by atoms with van der Waals surface area (Å²) in [6.45, 7) is 0. The normalized spacial score (nSPS) is 20.7. The SMILES string of the molecule is CN(C)c1ccc([C@@H]2[C@H](c3ccccc3)N[C@@H](c3ccccc3)C23c2ccccc2-c2ccccc23)cc1. The smallest absolute Gasteiger partial charge is 0.0496 e. The second kappa shape index (κ2) is 9.01. The van der Waals surface area contributed by atoms with E-state index in [9.17, 15) is 0 Å². The molecule has 3 atom stereocenters. The molecule has 5 aromatic carbocycles. The second-order valence-electron chi connectivity index (χ2n) is 10.8. The van der Waals surface area contributed by atoms with E-state index in [1.165, 1.54) is 44.6 Å². The zero-order chi connectivity index (χ0) is 25.7. The van der Waals surface area contributed by atoms with Crippen LogP contribution in [0, 0.1) is 0 Å². The third kappa shape index (κ3) is 3.30. The zero-order valence-electron chi connectivity index (χ0n) is 21.9. The Balaban J connectivity index is 1.57. The summed E-state index contributed by atoms with van der Waals surface area (Å²) in [5, 5.41) is 4.21. The van der Waals surface area contributed by atoms with Gasteiger partial charge in [-0.05, 0) is 51.1 Å². The van der Waals surface area contributed by atoms with Crippen molar-refractivity contribution in [2.24, 2.45) is 0 Å². The van der Waals surface area contributed by atoms with Gasteiger partial charge in [-0.3, -0.25) is 0 Å². The molecular weight excluding hydrogens is 460 g/mol. The summed E-state index contributed by atoms with van der Waals surface area (Å²) in [7, 11) is 4.21. The van der Waals surface area contributed by atoms with Crippen molar-refractivity contribution in [1.82, 2.24) is 5.32 Å². The van der Waals surface area contributed by atoms with Crippen molar-refractivity contribution < 1.29 is 0 Å². The van der Waals surface area contributed by atoms with Crippen molar-refractivity contribution in [2.45, 2.75) is 23.4 Å². The van der Waals surface area contributed by atoms with Crippen LogP contribution in [-0.2, 0) is 5.41 Å². The fraction of sp³-hybridized carbons (Fsp3) is 0.167. The first-order valence-corrected chi connectivity index (χ1v) is 13.5. The van der Waals surface area contributed by atoms with Crippen molar-refractivity contribution >= 4 is 5.69 Å². The molecular formula is C36H32N2. The molecule has 0 amide bonds. The van der Waals surface area contributed by atoms with E-state index >= 15 is 0 Å². The molecule has 1 saturated heterocycles. The van der Waals surface area contributed by atoms with Gasteiger partial charge in [0.15, 0.2) is 0 Å². The molecule has 0 saturated carbocycles. The lowest BCUT2D eigenvalue weighted by Gasteiger charge is -2.40. The van der Waals surface area contributed by atoms with Crippen molar-refractivity contribution in [3.05, 3.63) is 161 Å². The van der Waals surface area contributed by atoms with Gasteiger partial charge in [0.05, 0.1) is 0 Å². The Labute approximate surface area is 225 Å². The molecule has 0 bridgehead atoms. The summed E-state index contributed by atoms with van der Waals surface area (Å²) < 4.78 is 0. The molecule has 1 fully saturated rings. The quantitative estimate of drug-likeness (QED) is 0.274. The van der Waals surface area contributed by atoms with Gasteiger partial charge in [0, 0.05) is 43.2 Å². The summed E-state index contributed by atoms with van der Waals surface area (Å²) in [5.74, 6) is 0.191. The van der Waals surface area contributed by atoms with E-state index < -0.39 is 0 Å². The van der Waals surface area contributed by atoms with Crippen LogP contribution in [0.25, 0.3) is 11.1 Å². The molecule has 0 radical (unpaired) electrons. The number of rotatable bonds is 4. The fourth-order valence-corrected chi connectivity index (χ4v) is 7.19. The Hall–Kier alpha value is -4.14. The molecule has 5 aromatic rings. The number of benzene rings is 5. The van der Waals surface area contributed by atoms with Gasteiger partial charge < -0.3 is 10.2 Å². The molecule has 1 aliphatic carbocycles. The first-order chi connectivity index (χ1) is 18.7. The van der Waals surface area contributed by atoms with E-state index in [0.717, 1.165) is 0 Å².